The summed E-state index contributed by atoms with van der Waals surface area (Å²) in [4.78, 5) is 0. The Balaban J connectivity index is 5.30. The summed E-state index contributed by atoms with van der Waals surface area (Å²) in [6.45, 7) is 1.69. The van der Waals surface area contributed by atoms with Crippen molar-refractivity contribution in [3.63, 3.8) is 0 Å². The summed E-state index contributed by atoms with van der Waals surface area (Å²) in [5, 5.41) is 0. The number of terminal acetylenes is 2. The first-order valence-corrected chi connectivity index (χ1v) is 6.19. The van der Waals surface area contributed by atoms with Gasteiger partial charge in [-0.15, -0.1) is 12.8 Å². The van der Waals surface area contributed by atoms with Crippen LogP contribution in [0.1, 0.15) is 6.92 Å². The lowest BCUT2D eigenvalue weighted by Gasteiger charge is -1.84. The van der Waals surface area contributed by atoms with E-state index in [1.807, 2.05) is 0 Å². The zero-order chi connectivity index (χ0) is 17.7. The molecule has 0 aliphatic rings. The Hall–Kier alpha value is -4.84. The third kappa shape index (κ3) is 13.6. The lowest BCUT2D eigenvalue weighted by molar-refractivity contribution is 1.24. The highest BCUT2D eigenvalue weighted by Crippen LogP contribution is 1.88. The summed E-state index contributed by atoms with van der Waals surface area (Å²) < 4.78 is 0. The predicted octanol–water partition coefficient (Wildman–Crippen LogP) is 0.919. The fraction of sp³-hybridized carbons (Fsp3) is 0.0833. The third-order valence-electron chi connectivity index (χ3n) is 1.61. The van der Waals surface area contributed by atoms with E-state index in [9.17, 15) is 0 Å². The van der Waals surface area contributed by atoms with Crippen molar-refractivity contribution in [1.82, 2.24) is 0 Å². The molecule has 0 radical (unpaired) electrons. The lowest BCUT2D eigenvalue weighted by Crippen LogP contribution is -1.87. The Morgan fingerprint density at radius 2 is 0.792 bits per heavy atom. The summed E-state index contributed by atoms with van der Waals surface area (Å²) >= 11 is 0. The van der Waals surface area contributed by atoms with E-state index in [4.69, 9.17) is 12.8 Å². The monoisotopic (exact) mass is 294 g/mol. The molecule has 0 fully saturated rings. The number of hydrogen-bond donors (Lipinski definition) is 0. The van der Waals surface area contributed by atoms with Crippen LogP contribution < -0.4 is 0 Å². The van der Waals surface area contributed by atoms with E-state index in [0.717, 1.165) is 0 Å². The Kier molecular flexibility index (Phi) is 12.9. The molecule has 0 nitrogen and oxygen atoms in total. The highest BCUT2D eigenvalue weighted by molar-refractivity contribution is 5.45. The molecule has 0 aromatic carbocycles. The molecule has 0 saturated carbocycles. The van der Waals surface area contributed by atoms with Crippen molar-refractivity contribution in [1.29, 1.82) is 0 Å². The molecule has 0 bridgehead atoms. The quantitative estimate of drug-likeness (QED) is 0.583. The zero-order valence-electron chi connectivity index (χ0n) is 12.7. The first kappa shape index (κ1) is 19.2. The largest absolute Gasteiger partial charge is 0.144 e. The molecule has 0 atom stereocenters. The van der Waals surface area contributed by atoms with Crippen LogP contribution >= 0.6 is 0 Å². The molecule has 0 aliphatic carbocycles. The molecule has 102 valence electrons. The molecular weight excluding hydrogens is 288 g/mol. The second-order valence-electron chi connectivity index (χ2n) is 3.15. The van der Waals surface area contributed by atoms with Crippen LogP contribution in [-0.4, -0.2) is 0 Å². The fourth-order valence-corrected chi connectivity index (χ4v) is 0.818. The van der Waals surface area contributed by atoms with Crippen LogP contribution in [0.3, 0.4) is 0 Å². The highest BCUT2D eigenvalue weighted by Gasteiger charge is 1.91. The van der Waals surface area contributed by atoms with E-state index in [1.165, 1.54) is 0 Å². The van der Waals surface area contributed by atoms with Crippen molar-refractivity contribution < 1.29 is 0 Å². The fourth-order valence-electron chi connectivity index (χ4n) is 0.818. The van der Waals surface area contributed by atoms with Gasteiger partial charge in [-0.2, -0.15) is 0 Å². The van der Waals surface area contributed by atoms with Gasteiger partial charge in [0.1, 0.15) is 5.92 Å². The minimum Gasteiger partial charge on any atom is -0.106 e. The maximum absolute atomic E-state index is 4.96. The van der Waals surface area contributed by atoms with Gasteiger partial charge in [0.25, 0.3) is 0 Å². The number of rotatable bonds is 0. The highest BCUT2D eigenvalue weighted by atomic mass is 13.9. The summed E-state index contributed by atoms with van der Waals surface area (Å²) in [5.41, 5.74) is 0. The number of hydrogen-bond acceptors (Lipinski definition) is 0. The van der Waals surface area contributed by atoms with Gasteiger partial charge in [0.15, 0.2) is 0 Å². The van der Waals surface area contributed by atoms with E-state index in [2.05, 4.69) is 118 Å². The summed E-state index contributed by atoms with van der Waals surface area (Å²) in [6, 6.07) is 0. The van der Waals surface area contributed by atoms with E-state index < -0.39 is 5.92 Å². The van der Waals surface area contributed by atoms with Crippen LogP contribution in [0.15, 0.2) is 0 Å². The molecule has 0 heteroatoms. The van der Waals surface area contributed by atoms with Crippen LogP contribution in [0, 0.1) is 137 Å². The van der Waals surface area contributed by atoms with Crippen molar-refractivity contribution in [3.05, 3.63) is 0 Å². The smallest absolute Gasteiger partial charge is 0.106 e. The summed E-state index contributed by atoms with van der Waals surface area (Å²) in [6.07, 6.45) is 9.92. The molecule has 0 rings (SSSR count). The Morgan fingerprint density at radius 1 is 0.458 bits per heavy atom. The van der Waals surface area contributed by atoms with E-state index in [0.29, 0.717) is 0 Å². The summed E-state index contributed by atoms with van der Waals surface area (Å²) in [5.74, 6) is 49.7. The average molecular weight is 294 g/mol. The predicted molar refractivity (Wildman–Crippen MR) is 96.8 cm³/mol. The topological polar surface area (TPSA) is 0 Å². The molecule has 0 heterocycles. The molecule has 0 aromatic rings. The van der Waals surface area contributed by atoms with Gasteiger partial charge in [0.05, 0.1) is 0 Å². The van der Waals surface area contributed by atoms with E-state index >= 15 is 0 Å². The lowest BCUT2D eigenvalue weighted by atomic mass is 10.1. The van der Waals surface area contributed by atoms with Crippen LogP contribution in [0.2, 0.25) is 0 Å². The van der Waals surface area contributed by atoms with Gasteiger partial charge >= 0.3 is 0 Å². The van der Waals surface area contributed by atoms with Crippen LogP contribution in [0.25, 0.3) is 0 Å². The zero-order valence-corrected chi connectivity index (χ0v) is 12.7. The molecule has 0 N–H and O–H groups in total. The van der Waals surface area contributed by atoms with E-state index in [-0.39, 0.29) is 0 Å². The average Bonchev–Trinajstić information content (AvgIpc) is 2.60. The van der Waals surface area contributed by atoms with E-state index in [1.54, 1.807) is 6.92 Å². The first-order valence-electron chi connectivity index (χ1n) is 6.19. The maximum atomic E-state index is 4.96. The first-order chi connectivity index (χ1) is 11.8. The van der Waals surface area contributed by atoms with Crippen LogP contribution in [0.4, 0.5) is 0 Å². The molecule has 0 saturated heterocycles. The van der Waals surface area contributed by atoms with Gasteiger partial charge in [-0.1, -0.05) is 23.7 Å². The molecule has 24 heavy (non-hydrogen) atoms. The molecular formula is C24H6. The molecule has 0 spiro atoms. The summed E-state index contributed by atoms with van der Waals surface area (Å²) in [7, 11) is 0. The normalized spacial score (nSPS) is 4.67. The van der Waals surface area contributed by atoms with Gasteiger partial charge in [-0.3, -0.25) is 0 Å². The van der Waals surface area contributed by atoms with Gasteiger partial charge < -0.3 is 0 Å². The van der Waals surface area contributed by atoms with Crippen LogP contribution in [-0.2, 0) is 0 Å². The second kappa shape index (κ2) is 16.2. The second-order valence-corrected chi connectivity index (χ2v) is 3.15. The van der Waals surface area contributed by atoms with Crippen molar-refractivity contribution in [2.75, 3.05) is 0 Å². The van der Waals surface area contributed by atoms with Crippen molar-refractivity contribution >= 4 is 0 Å². The Labute approximate surface area is 144 Å². The minimum atomic E-state index is -0.571. The molecule has 0 amide bonds. The van der Waals surface area contributed by atoms with Crippen molar-refractivity contribution in [2.24, 2.45) is 5.92 Å². The van der Waals surface area contributed by atoms with Crippen molar-refractivity contribution in [2.45, 2.75) is 6.92 Å². The van der Waals surface area contributed by atoms with Gasteiger partial charge in [0, 0.05) is 0 Å². The Bertz CT molecular complexity index is 1050. The van der Waals surface area contributed by atoms with Gasteiger partial charge in [-0.25, -0.2) is 0 Å². The van der Waals surface area contributed by atoms with Crippen LogP contribution in [0.5, 0.6) is 0 Å². The Morgan fingerprint density at radius 3 is 1.17 bits per heavy atom. The molecule has 0 aromatic heterocycles. The van der Waals surface area contributed by atoms with Crippen molar-refractivity contribution in [3.8, 4) is 131 Å². The van der Waals surface area contributed by atoms with Gasteiger partial charge in [0.2, 0.25) is 0 Å². The molecule has 0 aliphatic heterocycles. The molecule has 0 unspecified atom stereocenters. The SMILES string of the molecule is C#CC#CC#CC#CC(C#CC#CC#CC)C#CC#CC#CC#C. The maximum Gasteiger partial charge on any atom is 0.144 e. The van der Waals surface area contributed by atoms with Gasteiger partial charge in [-0.05, 0) is 102 Å². The minimum absolute atomic E-state index is 0.571. The third-order valence-corrected chi connectivity index (χ3v) is 1.61. The standard InChI is InChI=1S/C24H6/c1-4-7-10-13-16-19-22-24(21-18-15-12-9-6-3)23-20-17-14-11-8-5-2/h1-2,24H,3H3.